The molecule has 0 spiro atoms. The summed E-state index contributed by atoms with van der Waals surface area (Å²) in [5.74, 6) is 0. The van der Waals surface area contributed by atoms with Crippen LogP contribution < -0.4 is 5.73 Å². The van der Waals surface area contributed by atoms with Crippen molar-refractivity contribution in [1.29, 1.82) is 0 Å². The van der Waals surface area contributed by atoms with E-state index in [9.17, 15) is 0 Å². The number of fused-ring (bicyclic) bond motifs is 1. The molecule has 1 atom stereocenters. The molecule has 1 aliphatic rings. The highest BCUT2D eigenvalue weighted by atomic mass is 35.5. The Morgan fingerprint density at radius 2 is 2.08 bits per heavy atom. The van der Waals surface area contributed by atoms with Crippen molar-refractivity contribution >= 4 is 12.4 Å². The minimum absolute atomic E-state index is 0. The van der Waals surface area contributed by atoms with Crippen LogP contribution in [0.2, 0.25) is 0 Å². The standard InChI is InChI=1S/C10H13N.ClH/c1-7-3-2-4-8-5-9(11)6-10(7)8;/h2-4,9H,5-6,11H2,1H3;1H. The molecule has 0 radical (unpaired) electrons. The fraction of sp³-hybridized carbons (Fsp3) is 0.400. The number of benzene rings is 1. The molecule has 0 fully saturated rings. The molecule has 0 amide bonds. The third-order valence-electron chi connectivity index (χ3n) is 2.46. The smallest absolute Gasteiger partial charge is 0.0120 e. The zero-order valence-corrected chi connectivity index (χ0v) is 8.03. The normalized spacial score (nSPS) is 20.0. The zero-order chi connectivity index (χ0) is 7.84. The quantitative estimate of drug-likeness (QED) is 0.653. The predicted molar refractivity (Wildman–Crippen MR) is 53.8 cm³/mol. The second-order valence-electron chi connectivity index (χ2n) is 3.38. The van der Waals surface area contributed by atoms with Crippen LogP contribution in [0.3, 0.4) is 0 Å². The maximum Gasteiger partial charge on any atom is 0.0120 e. The molecular formula is C10H14ClN. The van der Waals surface area contributed by atoms with Gasteiger partial charge in [0.2, 0.25) is 0 Å². The molecule has 0 aromatic heterocycles. The van der Waals surface area contributed by atoms with Crippen LogP contribution in [0.15, 0.2) is 18.2 Å². The average molecular weight is 184 g/mol. The summed E-state index contributed by atoms with van der Waals surface area (Å²) in [5.41, 5.74) is 10.2. The number of hydrogen-bond donors (Lipinski definition) is 1. The van der Waals surface area contributed by atoms with E-state index in [0.717, 1.165) is 12.8 Å². The molecule has 12 heavy (non-hydrogen) atoms. The molecule has 1 nitrogen and oxygen atoms in total. The first-order valence-corrected chi connectivity index (χ1v) is 4.10. The number of hydrogen-bond acceptors (Lipinski definition) is 1. The van der Waals surface area contributed by atoms with Gasteiger partial charge in [-0.2, -0.15) is 0 Å². The Morgan fingerprint density at radius 3 is 2.75 bits per heavy atom. The summed E-state index contributed by atoms with van der Waals surface area (Å²) in [5, 5.41) is 0. The van der Waals surface area contributed by atoms with E-state index in [1.807, 2.05) is 0 Å². The van der Waals surface area contributed by atoms with Gasteiger partial charge in [-0.1, -0.05) is 18.2 Å². The van der Waals surface area contributed by atoms with Crippen LogP contribution in [0.4, 0.5) is 0 Å². The molecule has 1 aromatic rings. The summed E-state index contributed by atoms with van der Waals surface area (Å²) in [6, 6.07) is 6.84. The third kappa shape index (κ3) is 1.47. The lowest BCUT2D eigenvalue weighted by Crippen LogP contribution is -2.19. The molecule has 1 aromatic carbocycles. The predicted octanol–water partition coefficient (Wildman–Crippen LogP) is 1.84. The maximum atomic E-state index is 5.85. The molecule has 0 saturated carbocycles. The lowest BCUT2D eigenvalue weighted by Gasteiger charge is -2.00. The van der Waals surface area contributed by atoms with Crippen LogP contribution in [-0.2, 0) is 12.8 Å². The second-order valence-corrected chi connectivity index (χ2v) is 3.38. The topological polar surface area (TPSA) is 26.0 Å². The highest BCUT2D eigenvalue weighted by Crippen LogP contribution is 2.23. The summed E-state index contributed by atoms with van der Waals surface area (Å²) in [6.07, 6.45) is 2.14. The minimum Gasteiger partial charge on any atom is -0.327 e. The minimum atomic E-state index is 0. The second kappa shape index (κ2) is 3.46. The number of rotatable bonds is 0. The summed E-state index contributed by atoms with van der Waals surface area (Å²) >= 11 is 0. The Morgan fingerprint density at radius 1 is 1.33 bits per heavy atom. The summed E-state index contributed by atoms with van der Waals surface area (Å²) in [7, 11) is 0. The van der Waals surface area contributed by atoms with Gasteiger partial charge in [0.05, 0.1) is 0 Å². The first-order chi connectivity index (χ1) is 5.27. The SMILES string of the molecule is Cc1cccc2c1CC(N)C2.Cl. The first-order valence-electron chi connectivity index (χ1n) is 4.10. The van der Waals surface area contributed by atoms with E-state index in [2.05, 4.69) is 25.1 Å². The van der Waals surface area contributed by atoms with Crippen LogP contribution in [0.25, 0.3) is 0 Å². The van der Waals surface area contributed by atoms with Crippen molar-refractivity contribution in [2.24, 2.45) is 5.73 Å². The van der Waals surface area contributed by atoms with Crippen LogP contribution in [0, 0.1) is 6.92 Å². The van der Waals surface area contributed by atoms with E-state index in [-0.39, 0.29) is 12.4 Å². The number of halogens is 1. The first kappa shape index (κ1) is 9.56. The van der Waals surface area contributed by atoms with Crippen molar-refractivity contribution in [2.45, 2.75) is 25.8 Å². The molecule has 2 heteroatoms. The van der Waals surface area contributed by atoms with Gasteiger partial charge in [0.25, 0.3) is 0 Å². The molecule has 2 N–H and O–H groups in total. The van der Waals surface area contributed by atoms with Crippen LogP contribution >= 0.6 is 12.4 Å². The zero-order valence-electron chi connectivity index (χ0n) is 7.21. The molecular weight excluding hydrogens is 170 g/mol. The van der Waals surface area contributed by atoms with Gasteiger partial charge >= 0.3 is 0 Å². The fourth-order valence-electron chi connectivity index (χ4n) is 1.86. The molecule has 0 bridgehead atoms. The largest absolute Gasteiger partial charge is 0.327 e. The molecule has 66 valence electrons. The fourth-order valence-corrected chi connectivity index (χ4v) is 1.86. The van der Waals surface area contributed by atoms with Gasteiger partial charge in [-0.25, -0.2) is 0 Å². The van der Waals surface area contributed by atoms with Crippen LogP contribution in [-0.4, -0.2) is 6.04 Å². The van der Waals surface area contributed by atoms with Gasteiger partial charge in [0.15, 0.2) is 0 Å². The van der Waals surface area contributed by atoms with Crippen molar-refractivity contribution in [2.75, 3.05) is 0 Å². The van der Waals surface area contributed by atoms with Crippen molar-refractivity contribution in [1.82, 2.24) is 0 Å². The van der Waals surface area contributed by atoms with Gasteiger partial charge < -0.3 is 5.73 Å². The van der Waals surface area contributed by atoms with Crippen LogP contribution in [0.5, 0.6) is 0 Å². The Hall–Kier alpha value is -0.530. The van der Waals surface area contributed by atoms with E-state index in [0.29, 0.717) is 6.04 Å². The summed E-state index contributed by atoms with van der Waals surface area (Å²) in [6.45, 7) is 2.16. The van der Waals surface area contributed by atoms with Crippen molar-refractivity contribution in [3.8, 4) is 0 Å². The average Bonchev–Trinajstić information content (AvgIpc) is 2.31. The van der Waals surface area contributed by atoms with Crippen molar-refractivity contribution in [3.63, 3.8) is 0 Å². The highest BCUT2D eigenvalue weighted by molar-refractivity contribution is 5.85. The maximum absolute atomic E-state index is 5.85. The molecule has 1 aliphatic carbocycles. The van der Waals surface area contributed by atoms with E-state index < -0.39 is 0 Å². The van der Waals surface area contributed by atoms with Gasteiger partial charge in [-0.05, 0) is 36.5 Å². The van der Waals surface area contributed by atoms with E-state index in [4.69, 9.17) is 5.73 Å². The lowest BCUT2D eigenvalue weighted by atomic mass is 10.1. The molecule has 0 saturated heterocycles. The highest BCUT2D eigenvalue weighted by Gasteiger charge is 2.18. The number of nitrogens with two attached hydrogens (primary N) is 1. The van der Waals surface area contributed by atoms with Crippen LogP contribution in [0.1, 0.15) is 16.7 Å². The molecule has 0 heterocycles. The van der Waals surface area contributed by atoms with Gasteiger partial charge in [-0.15, -0.1) is 12.4 Å². The van der Waals surface area contributed by atoms with Gasteiger partial charge in [0, 0.05) is 6.04 Å². The Labute approximate surface area is 79.4 Å². The summed E-state index contributed by atoms with van der Waals surface area (Å²) < 4.78 is 0. The third-order valence-corrected chi connectivity index (χ3v) is 2.46. The van der Waals surface area contributed by atoms with E-state index in [1.165, 1.54) is 16.7 Å². The summed E-state index contributed by atoms with van der Waals surface area (Å²) in [4.78, 5) is 0. The van der Waals surface area contributed by atoms with Gasteiger partial charge in [-0.3, -0.25) is 0 Å². The van der Waals surface area contributed by atoms with Gasteiger partial charge in [0.1, 0.15) is 0 Å². The Bertz CT molecular complexity index is 283. The molecule has 0 aliphatic heterocycles. The molecule has 1 unspecified atom stereocenters. The van der Waals surface area contributed by atoms with E-state index in [1.54, 1.807) is 0 Å². The van der Waals surface area contributed by atoms with Crippen molar-refractivity contribution < 1.29 is 0 Å². The molecule has 2 rings (SSSR count). The monoisotopic (exact) mass is 183 g/mol. The Kier molecular flexibility index (Phi) is 2.76. The van der Waals surface area contributed by atoms with E-state index >= 15 is 0 Å². The Balaban J connectivity index is 0.000000720. The lowest BCUT2D eigenvalue weighted by molar-refractivity contribution is 0.720. The van der Waals surface area contributed by atoms with Crippen molar-refractivity contribution in [3.05, 3.63) is 34.9 Å². The number of aryl methyl sites for hydroxylation is 1.